The number of Topliss-reactive ketones (excluding diaryl/α,β-unsaturated/α-hetero) is 1. The Hall–Kier alpha value is -2.80. The number of likely N-dealkylation sites (tertiary alicyclic amines) is 1. The standard InChI is InChI=1S/C28H35NO5S/c1-8-33-27(32)28(5,6)34-26-17(2)13-21(14-18(26)3)23-15-29(19(4)30)16-24(23)25(31)20-9-11-22(35-7)12-10-20/h9-14,23-24H,8,15-16H2,1-7H3/t23-,24?/m1/s1. The summed E-state index contributed by atoms with van der Waals surface area (Å²) in [4.78, 5) is 40.9. The molecule has 2 atom stereocenters. The van der Waals surface area contributed by atoms with E-state index in [-0.39, 0.29) is 30.1 Å². The third-order valence-corrected chi connectivity index (χ3v) is 7.26. The second kappa shape index (κ2) is 10.9. The van der Waals surface area contributed by atoms with E-state index in [4.69, 9.17) is 9.47 Å². The van der Waals surface area contributed by atoms with Gasteiger partial charge in [0.05, 0.1) is 6.61 Å². The summed E-state index contributed by atoms with van der Waals surface area (Å²) in [6.07, 6.45) is 2.00. The van der Waals surface area contributed by atoms with Gasteiger partial charge in [-0.05, 0) is 69.7 Å². The summed E-state index contributed by atoms with van der Waals surface area (Å²) in [6.45, 7) is 11.7. The number of ether oxygens (including phenoxy) is 2. The van der Waals surface area contributed by atoms with Crippen molar-refractivity contribution >= 4 is 29.4 Å². The maximum atomic E-state index is 13.5. The molecule has 0 aromatic heterocycles. The highest BCUT2D eigenvalue weighted by atomic mass is 32.2. The van der Waals surface area contributed by atoms with Crippen LogP contribution in [-0.2, 0) is 14.3 Å². The molecule has 0 N–H and O–H groups in total. The van der Waals surface area contributed by atoms with Crippen LogP contribution in [0.15, 0.2) is 41.3 Å². The fourth-order valence-corrected chi connectivity index (χ4v) is 5.00. The number of thioether (sulfide) groups is 1. The summed E-state index contributed by atoms with van der Waals surface area (Å²) in [7, 11) is 0. The molecule has 0 radical (unpaired) electrons. The van der Waals surface area contributed by atoms with Crippen molar-refractivity contribution in [1.29, 1.82) is 0 Å². The lowest BCUT2D eigenvalue weighted by atomic mass is 9.82. The van der Waals surface area contributed by atoms with Crippen molar-refractivity contribution in [3.05, 3.63) is 58.7 Å². The zero-order valence-electron chi connectivity index (χ0n) is 21.6. The largest absolute Gasteiger partial charge is 0.476 e. The number of esters is 1. The lowest BCUT2D eigenvalue weighted by Crippen LogP contribution is -2.40. The van der Waals surface area contributed by atoms with E-state index in [0.29, 0.717) is 24.4 Å². The molecular weight excluding hydrogens is 462 g/mol. The number of ketones is 1. The minimum absolute atomic E-state index is 0.0346. The predicted octanol–water partition coefficient (Wildman–Crippen LogP) is 5.19. The fourth-order valence-electron chi connectivity index (χ4n) is 4.59. The molecule has 0 aliphatic carbocycles. The predicted molar refractivity (Wildman–Crippen MR) is 138 cm³/mol. The van der Waals surface area contributed by atoms with Crippen molar-refractivity contribution in [3.8, 4) is 5.75 Å². The van der Waals surface area contributed by atoms with Gasteiger partial charge < -0.3 is 14.4 Å². The topological polar surface area (TPSA) is 72.9 Å². The van der Waals surface area contributed by atoms with Crippen molar-refractivity contribution in [2.45, 2.75) is 58.0 Å². The Balaban J connectivity index is 1.93. The molecule has 35 heavy (non-hydrogen) atoms. The number of hydrogen-bond donors (Lipinski definition) is 0. The quantitative estimate of drug-likeness (QED) is 0.284. The van der Waals surface area contributed by atoms with Crippen molar-refractivity contribution in [1.82, 2.24) is 4.90 Å². The number of nitrogens with zero attached hydrogens (tertiary/aromatic N) is 1. The zero-order chi connectivity index (χ0) is 25.9. The molecule has 1 aliphatic heterocycles. The van der Waals surface area contributed by atoms with Crippen molar-refractivity contribution < 1.29 is 23.9 Å². The molecule has 1 fully saturated rings. The molecule has 0 saturated carbocycles. The Bertz CT molecular complexity index is 1090. The summed E-state index contributed by atoms with van der Waals surface area (Å²) in [5.41, 5.74) is 2.26. The van der Waals surface area contributed by atoms with E-state index >= 15 is 0 Å². The molecule has 1 heterocycles. The molecule has 2 aromatic rings. The lowest BCUT2D eigenvalue weighted by Gasteiger charge is -2.27. The Morgan fingerprint density at radius 1 is 1.06 bits per heavy atom. The van der Waals surface area contributed by atoms with Crippen LogP contribution in [0.2, 0.25) is 0 Å². The number of carbonyl (C=O) groups is 3. The van der Waals surface area contributed by atoms with Crippen LogP contribution in [0.4, 0.5) is 0 Å². The molecule has 1 saturated heterocycles. The van der Waals surface area contributed by atoms with Gasteiger partial charge in [-0.15, -0.1) is 11.8 Å². The average Bonchev–Trinajstić information content (AvgIpc) is 3.27. The first kappa shape index (κ1) is 26.8. The van der Waals surface area contributed by atoms with Gasteiger partial charge >= 0.3 is 5.97 Å². The van der Waals surface area contributed by atoms with Gasteiger partial charge in [0.1, 0.15) is 5.75 Å². The van der Waals surface area contributed by atoms with E-state index in [1.54, 1.807) is 44.4 Å². The maximum absolute atomic E-state index is 13.5. The second-order valence-corrected chi connectivity index (χ2v) is 10.4. The van der Waals surface area contributed by atoms with Crippen LogP contribution in [0.3, 0.4) is 0 Å². The monoisotopic (exact) mass is 497 g/mol. The molecule has 0 spiro atoms. The van der Waals surface area contributed by atoms with Crippen LogP contribution in [-0.4, -0.2) is 54.1 Å². The summed E-state index contributed by atoms with van der Waals surface area (Å²) in [6, 6.07) is 11.7. The van der Waals surface area contributed by atoms with Crippen LogP contribution in [0.1, 0.15) is 60.7 Å². The van der Waals surface area contributed by atoms with Crippen molar-refractivity contribution in [2.24, 2.45) is 5.92 Å². The van der Waals surface area contributed by atoms with Crippen LogP contribution >= 0.6 is 11.8 Å². The number of hydrogen-bond acceptors (Lipinski definition) is 6. The highest BCUT2D eigenvalue weighted by molar-refractivity contribution is 7.98. The summed E-state index contributed by atoms with van der Waals surface area (Å²) in [5.74, 6) is -0.243. The van der Waals surface area contributed by atoms with Crippen molar-refractivity contribution in [2.75, 3.05) is 26.0 Å². The highest BCUT2D eigenvalue weighted by Gasteiger charge is 2.40. The summed E-state index contributed by atoms with van der Waals surface area (Å²) in [5, 5.41) is 0. The van der Waals surface area contributed by atoms with E-state index in [2.05, 4.69) is 0 Å². The van der Waals surface area contributed by atoms with Gasteiger partial charge in [-0.3, -0.25) is 9.59 Å². The van der Waals surface area contributed by atoms with Gasteiger partial charge in [0, 0.05) is 42.3 Å². The summed E-state index contributed by atoms with van der Waals surface area (Å²) >= 11 is 1.63. The van der Waals surface area contributed by atoms with Crippen LogP contribution in [0, 0.1) is 19.8 Å². The third kappa shape index (κ3) is 5.89. The van der Waals surface area contributed by atoms with E-state index in [0.717, 1.165) is 21.6 Å². The Kier molecular flexibility index (Phi) is 8.31. The van der Waals surface area contributed by atoms with Crippen LogP contribution in [0.25, 0.3) is 0 Å². The number of amides is 1. The number of carbonyl (C=O) groups excluding carboxylic acids is 3. The molecular formula is C28H35NO5S. The molecule has 6 nitrogen and oxygen atoms in total. The van der Waals surface area contributed by atoms with Gasteiger partial charge in [-0.25, -0.2) is 4.79 Å². The van der Waals surface area contributed by atoms with Crippen molar-refractivity contribution in [3.63, 3.8) is 0 Å². The van der Waals surface area contributed by atoms with Crippen LogP contribution in [0.5, 0.6) is 5.75 Å². The first-order chi connectivity index (χ1) is 16.5. The Labute approximate surface area is 212 Å². The minimum atomic E-state index is -1.13. The van der Waals surface area contributed by atoms with Gasteiger partial charge in [0.2, 0.25) is 5.91 Å². The first-order valence-electron chi connectivity index (χ1n) is 11.9. The number of benzene rings is 2. The molecule has 188 valence electrons. The van der Waals surface area contributed by atoms with Gasteiger partial charge in [0.15, 0.2) is 11.4 Å². The number of aryl methyl sites for hydroxylation is 2. The molecule has 2 aromatic carbocycles. The number of rotatable bonds is 8. The normalized spacial score (nSPS) is 17.9. The van der Waals surface area contributed by atoms with Gasteiger partial charge in [-0.2, -0.15) is 0 Å². The Morgan fingerprint density at radius 2 is 1.66 bits per heavy atom. The summed E-state index contributed by atoms with van der Waals surface area (Å²) < 4.78 is 11.3. The molecule has 3 rings (SSSR count). The molecule has 7 heteroatoms. The molecule has 1 aliphatic rings. The van der Waals surface area contributed by atoms with E-state index in [9.17, 15) is 14.4 Å². The fraction of sp³-hybridized carbons (Fsp3) is 0.464. The van der Waals surface area contributed by atoms with Crippen LogP contribution < -0.4 is 4.74 Å². The highest BCUT2D eigenvalue weighted by Crippen LogP contribution is 2.39. The van der Waals surface area contributed by atoms with E-state index < -0.39 is 11.6 Å². The van der Waals surface area contributed by atoms with E-state index in [1.165, 1.54) is 0 Å². The molecule has 1 amide bonds. The average molecular weight is 498 g/mol. The van der Waals surface area contributed by atoms with Gasteiger partial charge in [-0.1, -0.05) is 24.3 Å². The third-order valence-electron chi connectivity index (χ3n) is 6.51. The Morgan fingerprint density at radius 3 is 2.17 bits per heavy atom. The first-order valence-corrected chi connectivity index (χ1v) is 13.1. The second-order valence-electron chi connectivity index (χ2n) is 9.55. The SMILES string of the molecule is CCOC(=O)C(C)(C)Oc1c(C)cc([C@H]2CN(C(C)=O)CC2C(=O)c2ccc(SC)cc2)cc1C. The maximum Gasteiger partial charge on any atom is 0.349 e. The van der Waals surface area contributed by atoms with E-state index in [1.807, 2.05) is 56.5 Å². The zero-order valence-corrected chi connectivity index (χ0v) is 22.5. The smallest absolute Gasteiger partial charge is 0.349 e. The lowest BCUT2D eigenvalue weighted by molar-refractivity contribution is -0.158. The molecule has 0 bridgehead atoms. The minimum Gasteiger partial charge on any atom is -0.476 e. The van der Waals surface area contributed by atoms with Gasteiger partial charge in [0.25, 0.3) is 0 Å². The molecule has 1 unspecified atom stereocenters.